The van der Waals surface area contributed by atoms with Crippen molar-refractivity contribution >= 4 is 26.4 Å². The van der Waals surface area contributed by atoms with Gasteiger partial charge in [0, 0.05) is 10.1 Å². The fraction of sp³-hybridized carbons (Fsp3) is 0.100. The molecule has 3 heteroatoms. The molecule has 0 aliphatic heterocycles. The SMILES string of the molecule is CC(C(=O)O)=C(Br)c1ccccc1. The predicted molar refractivity (Wildman–Crippen MR) is 55.6 cm³/mol. The van der Waals surface area contributed by atoms with Crippen LogP contribution in [0.25, 0.3) is 4.48 Å². The molecule has 2 nitrogen and oxygen atoms in total. The Kier molecular flexibility index (Phi) is 3.25. The number of halogens is 1. The first-order valence-corrected chi connectivity index (χ1v) is 4.57. The van der Waals surface area contributed by atoms with E-state index in [0.29, 0.717) is 10.1 Å². The first-order chi connectivity index (χ1) is 6.13. The number of benzene rings is 1. The molecule has 0 heterocycles. The molecule has 0 bridgehead atoms. The quantitative estimate of drug-likeness (QED) is 0.808. The van der Waals surface area contributed by atoms with Gasteiger partial charge in [-0.1, -0.05) is 30.3 Å². The highest BCUT2D eigenvalue weighted by Crippen LogP contribution is 2.24. The minimum Gasteiger partial charge on any atom is -0.478 e. The summed E-state index contributed by atoms with van der Waals surface area (Å²) >= 11 is 3.25. The van der Waals surface area contributed by atoms with Gasteiger partial charge in [0.15, 0.2) is 0 Å². The van der Waals surface area contributed by atoms with Gasteiger partial charge in [0.25, 0.3) is 0 Å². The molecule has 0 aliphatic rings. The summed E-state index contributed by atoms with van der Waals surface area (Å²) in [6, 6.07) is 9.34. The third-order valence-corrected chi connectivity index (χ3v) is 2.73. The molecule has 0 radical (unpaired) electrons. The molecule has 0 atom stereocenters. The van der Waals surface area contributed by atoms with Gasteiger partial charge in [0.05, 0.1) is 0 Å². The predicted octanol–water partition coefficient (Wildman–Crippen LogP) is 2.90. The molecule has 0 saturated carbocycles. The normalized spacial score (nSPS) is 12.2. The molecule has 0 unspecified atom stereocenters. The lowest BCUT2D eigenvalue weighted by molar-refractivity contribution is -0.132. The Morgan fingerprint density at radius 1 is 1.31 bits per heavy atom. The van der Waals surface area contributed by atoms with Crippen molar-refractivity contribution in [3.63, 3.8) is 0 Å². The molecule has 1 aromatic rings. The van der Waals surface area contributed by atoms with Gasteiger partial charge < -0.3 is 5.11 Å². The van der Waals surface area contributed by atoms with Crippen LogP contribution in [-0.4, -0.2) is 11.1 Å². The highest BCUT2D eigenvalue weighted by Gasteiger charge is 2.07. The summed E-state index contributed by atoms with van der Waals surface area (Å²) in [6.07, 6.45) is 0. The van der Waals surface area contributed by atoms with Gasteiger partial charge in [0.2, 0.25) is 0 Å². The van der Waals surface area contributed by atoms with Gasteiger partial charge >= 0.3 is 5.97 Å². The van der Waals surface area contributed by atoms with Gasteiger partial charge in [-0.25, -0.2) is 4.79 Å². The Bertz CT molecular complexity index is 341. The molecule has 13 heavy (non-hydrogen) atoms. The van der Waals surface area contributed by atoms with E-state index in [-0.39, 0.29) is 0 Å². The van der Waals surface area contributed by atoms with E-state index in [4.69, 9.17) is 5.11 Å². The summed E-state index contributed by atoms with van der Waals surface area (Å²) in [5.74, 6) is -0.907. The van der Waals surface area contributed by atoms with Crippen molar-refractivity contribution in [2.24, 2.45) is 0 Å². The first kappa shape index (κ1) is 9.99. The summed E-state index contributed by atoms with van der Waals surface area (Å²) in [6.45, 7) is 1.57. The number of carboxylic acids is 1. The van der Waals surface area contributed by atoms with Crippen LogP contribution in [0.4, 0.5) is 0 Å². The van der Waals surface area contributed by atoms with Gasteiger partial charge in [-0.15, -0.1) is 0 Å². The zero-order valence-corrected chi connectivity index (χ0v) is 8.71. The van der Waals surface area contributed by atoms with E-state index >= 15 is 0 Å². The molecule has 0 saturated heterocycles. The lowest BCUT2D eigenvalue weighted by Gasteiger charge is -2.01. The first-order valence-electron chi connectivity index (χ1n) is 3.78. The highest BCUT2D eigenvalue weighted by molar-refractivity contribution is 9.15. The number of hydrogen-bond acceptors (Lipinski definition) is 1. The van der Waals surface area contributed by atoms with Crippen LogP contribution >= 0.6 is 15.9 Å². The molecule has 0 spiro atoms. The van der Waals surface area contributed by atoms with Gasteiger partial charge in [-0.05, 0) is 28.4 Å². The van der Waals surface area contributed by atoms with Crippen LogP contribution in [0, 0.1) is 0 Å². The largest absolute Gasteiger partial charge is 0.478 e. The fourth-order valence-electron chi connectivity index (χ4n) is 0.895. The molecule has 1 rings (SSSR count). The number of aliphatic carboxylic acids is 1. The monoisotopic (exact) mass is 240 g/mol. The average Bonchev–Trinajstić information content (AvgIpc) is 2.17. The maximum absolute atomic E-state index is 10.6. The lowest BCUT2D eigenvalue weighted by atomic mass is 10.1. The molecule has 0 amide bonds. The number of rotatable bonds is 2. The summed E-state index contributed by atoms with van der Waals surface area (Å²) in [5.41, 5.74) is 1.19. The highest BCUT2D eigenvalue weighted by atomic mass is 79.9. The van der Waals surface area contributed by atoms with E-state index < -0.39 is 5.97 Å². The minimum absolute atomic E-state index is 0.311. The van der Waals surface area contributed by atoms with Crippen molar-refractivity contribution in [2.75, 3.05) is 0 Å². The van der Waals surface area contributed by atoms with Crippen molar-refractivity contribution in [2.45, 2.75) is 6.92 Å². The van der Waals surface area contributed by atoms with Gasteiger partial charge in [-0.2, -0.15) is 0 Å². The maximum atomic E-state index is 10.6. The summed E-state index contributed by atoms with van der Waals surface area (Å²) in [4.78, 5) is 10.6. The molecule has 0 fully saturated rings. The van der Waals surface area contributed by atoms with Crippen molar-refractivity contribution in [1.82, 2.24) is 0 Å². The summed E-state index contributed by atoms with van der Waals surface area (Å²) < 4.78 is 0.626. The number of carboxylic acid groups (broad SMARTS) is 1. The van der Waals surface area contributed by atoms with E-state index in [0.717, 1.165) is 5.56 Å². The second-order valence-corrected chi connectivity index (χ2v) is 3.40. The van der Waals surface area contributed by atoms with Crippen LogP contribution in [0.15, 0.2) is 35.9 Å². The average molecular weight is 241 g/mol. The Morgan fingerprint density at radius 2 is 1.85 bits per heavy atom. The van der Waals surface area contributed by atoms with Gasteiger partial charge in [0.1, 0.15) is 0 Å². The molecular formula is C10H9BrO2. The molecular weight excluding hydrogens is 232 g/mol. The Morgan fingerprint density at radius 3 is 2.31 bits per heavy atom. The topological polar surface area (TPSA) is 37.3 Å². The number of carbonyl (C=O) groups is 1. The van der Waals surface area contributed by atoms with Crippen molar-refractivity contribution in [3.05, 3.63) is 41.5 Å². The summed E-state index contributed by atoms with van der Waals surface area (Å²) in [7, 11) is 0. The van der Waals surface area contributed by atoms with Crippen LogP contribution in [0.2, 0.25) is 0 Å². The van der Waals surface area contributed by atoms with E-state index in [9.17, 15) is 4.79 Å². The maximum Gasteiger partial charge on any atom is 0.332 e. The van der Waals surface area contributed by atoms with Crippen LogP contribution in [-0.2, 0) is 4.79 Å². The third-order valence-electron chi connectivity index (χ3n) is 1.68. The van der Waals surface area contributed by atoms with Crippen molar-refractivity contribution in [3.8, 4) is 0 Å². The molecule has 1 N–H and O–H groups in total. The second kappa shape index (κ2) is 4.23. The Hall–Kier alpha value is -1.09. The third kappa shape index (κ3) is 2.42. The number of hydrogen-bond donors (Lipinski definition) is 1. The Labute approximate surface area is 85.0 Å². The van der Waals surface area contributed by atoms with Crippen molar-refractivity contribution in [1.29, 1.82) is 0 Å². The minimum atomic E-state index is -0.907. The molecule has 68 valence electrons. The molecule has 0 aromatic heterocycles. The van der Waals surface area contributed by atoms with E-state index in [2.05, 4.69) is 15.9 Å². The van der Waals surface area contributed by atoms with E-state index in [1.54, 1.807) is 6.92 Å². The summed E-state index contributed by atoms with van der Waals surface area (Å²) in [5, 5.41) is 8.73. The van der Waals surface area contributed by atoms with Crippen molar-refractivity contribution < 1.29 is 9.90 Å². The van der Waals surface area contributed by atoms with Crippen LogP contribution in [0.1, 0.15) is 12.5 Å². The zero-order valence-electron chi connectivity index (χ0n) is 7.12. The van der Waals surface area contributed by atoms with Gasteiger partial charge in [-0.3, -0.25) is 0 Å². The zero-order chi connectivity index (χ0) is 9.84. The lowest BCUT2D eigenvalue weighted by Crippen LogP contribution is -1.97. The van der Waals surface area contributed by atoms with E-state index in [1.807, 2.05) is 30.3 Å². The van der Waals surface area contributed by atoms with E-state index in [1.165, 1.54) is 0 Å². The fourth-order valence-corrected chi connectivity index (χ4v) is 1.33. The molecule has 1 aromatic carbocycles. The molecule has 0 aliphatic carbocycles. The standard InChI is InChI=1S/C10H9BrO2/c1-7(10(12)13)9(11)8-5-3-2-4-6-8/h2-6H,1H3,(H,12,13). The van der Waals surface area contributed by atoms with Crippen LogP contribution < -0.4 is 0 Å². The van der Waals surface area contributed by atoms with Crippen LogP contribution in [0.5, 0.6) is 0 Å². The Balaban J connectivity index is 3.11. The second-order valence-electron chi connectivity index (χ2n) is 2.61. The van der Waals surface area contributed by atoms with Crippen LogP contribution in [0.3, 0.4) is 0 Å². The smallest absolute Gasteiger partial charge is 0.332 e.